The number of amides is 1. The Morgan fingerprint density at radius 2 is 1.71 bits per heavy atom. The molecule has 0 spiro atoms. The predicted molar refractivity (Wildman–Crippen MR) is 144 cm³/mol. The maximum atomic E-state index is 13.6. The molecule has 38 heavy (non-hydrogen) atoms. The number of pyridine rings is 2. The first-order valence-electron chi connectivity index (χ1n) is 12.0. The number of rotatable bonds is 9. The molecule has 198 valence electrons. The summed E-state index contributed by atoms with van der Waals surface area (Å²) in [6.45, 7) is 7.83. The molecule has 0 fully saturated rings. The molecule has 2 N–H and O–H groups in total. The van der Waals surface area contributed by atoms with E-state index in [2.05, 4.69) is 25.0 Å². The third-order valence-electron chi connectivity index (χ3n) is 5.74. The number of anilines is 2. The lowest BCUT2D eigenvalue weighted by Crippen LogP contribution is -2.19. The van der Waals surface area contributed by atoms with Gasteiger partial charge in [-0.15, -0.1) is 0 Å². The van der Waals surface area contributed by atoms with Gasteiger partial charge in [-0.25, -0.2) is 18.4 Å². The van der Waals surface area contributed by atoms with Crippen molar-refractivity contribution in [3.63, 3.8) is 0 Å². The van der Waals surface area contributed by atoms with E-state index in [1.165, 1.54) is 25.6 Å². The number of nitrogens with one attached hydrogen (secondary N) is 2. The number of hydrogen-bond donors (Lipinski definition) is 2. The molecule has 1 aromatic carbocycles. The number of carbonyl (C=O) groups excluding carboxylic acids is 1. The summed E-state index contributed by atoms with van der Waals surface area (Å²) in [6, 6.07) is 12.3. The zero-order valence-corrected chi connectivity index (χ0v) is 22.5. The number of carbonyl (C=O) groups is 1. The average Bonchev–Trinajstić information content (AvgIpc) is 3.39. The molecular weight excluding hydrogens is 506 g/mol. The summed E-state index contributed by atoms with van der Waals surface area (Å²) in [4.78, 5) is 25.1. The first kappa shape index (κ1) is 26.8. The van der Waals surface area contributed by atoms with E-state index in [1.807, 2.05) is 58.0 Å². The Bertz CT molecular complexity index is 1520. The number of methoxy groups -OCH3 is 1. The molecule has 10 nitrogen and oxygen atoms in total. The van der Waals surface area contributed by atoms with Crippen LogP contribution in [-0.4, -0.2) is 36.4 Å². The lowest BCUT2D eigenvalue weighted by molar-refractivity contribution is 0.0991. The molecular formula is C27H29N5O5S. The van der Waals surface area contributed by atoms with Crippen LogP contribution in [0, 0.1) is 0 Å². The number of benzene rings is 1. The van der Waals surface area contributed by atoms with E-state index in [4.69, 9.17) is 9.15 Å². The van der Waals surface area contributed by atoms with Gasteiger partial charge in [0.1, 0.15) is 0 Å². The molecule has 4 aromatic rings. The summed E-state index contributed by atoms with van der Waals surface area (Å²) in [6.07, 6.45) is 4.41. The molecule has 0 aliphatic heterocycles. The van der Waals surface area contributed by atoms with Gasteiger partial charge in [0.2, 0.25) is 5.88 Å². The Morgan fingerprint density at radius 3 is 2.37 bits per heavy atom. The van der Waals surface area contributed by atoms with Crippen molar-refractivity contribution in [1.29, 1.82) is 0 Å². The van der Waals surface area contributed by atoms with Crippen molar-refractivity contribution in [3.05, 3.63) is 78.2 Å². The molecule has 0 aliphatic rings. The largest absolute Gasteiger partial charge is 0.480 e. The van der Waals surface area contributed by atoms with Crippen LogP contribution in [0.2, 0.25) is 0 Å². The summed E-state index contributed by atoms with van der Waals surface area (Å²) in [7, 11) is -2.87. The van der Waals surface area contributed by atoms with Crippen LogP contribution in [0.25, 0.3) is 11.3 Å². The highest BCUT2D eigenvalue weighted by molar-refractivity contribution is 7.92. The monoisotopic (exact) mass is 535 g/mol. The molecule has 0 unspecified atom stereocenters. The maximum absolute atomic E-state index is 13.6. The lowest BCUT2D eigenvalue weighted by Gasteiger charge is -2.20. The fourth-order valence-electron chi connectivity index (χ4n) is 3.86. The van der Waals surface area contributed by atoms with E-state index in [-0.39, 0.29) is 34.2 Å². The second-order valence-electron chi connectivity index (χ2n) is 9.16. The highest BCUT2D eigenvalue weighted by atomic mass is 32.2. The summed E-state index contributed by atoms with van der Waals surface area (Å²) in [5, 5.41) is 2.59. The van der Waals surface area contributed by atoms with Crippen molar-refractivity contribution in [2.75, 3.05) is 17.1 Å². The predicted octanol–water partition coefficient (Wildman–Crippen LogP) is 5.44. The smallest absolute Gasteiger partial charge is 0.311 e. The zero-order valence-electron chi connectivity index (χ0n) is 21.7. The molecule has 0 radical (unpaired) electrons. The standard InChI is InChI=1S/C27H29N5O5S/c1-16(2)20-11-12-28-23(17(3)4)24(20)32-38(34,35)22-13-19(14-29-26(22)36-5)31-25(33)27-30-15-21(37-27)18-9-7-6-8-10-18/h6-17,32H,1-5H3,(H,31,33). The Morgan fingerprint density at radius 1 is 0.974 bits per heavy atom. The van der Waals surface area contributed by atoms with Crippen molar-refractivity contribution in [3.8, 4) is 17.2 Å². The molecule has 11 heteroatoms. The number of aromatic nitrogens is 3. The van der Waals surface area contributed by atoms with Gasteiger partial charge in [0.25, 0.3) is 15.9 Å². The number of hydrogen-bond acceptors (Lipinski definition) is 8. The second kappa shape index (κ2) is 11.0. The summed E-state index contributed by atoms with van der Waals surface area (Å²) in [5.41, 5.74) is 2.73. The molecule has 0 bridgehead atoms. The summed E-state index contributed by atoms with van der Waals surface area (Å²) < 4.78 is 40.7. The van der Waals surface area contributed by atoms with Gasteiger partial charge in [-0.05, 0) is 29.5 Å². The van der Waals surface area contributed by atoms with Gasteiger partial charge in [-0.3, -0.25) is 14.5 Å². The van der Waals surface area contributed by atoms with Gasteiger partial charge >= 0.3 is 5.91 Å². The SMILES string of the molecule is COc1ncc(NC(=O)c2ncc(-c3ccccc3)o2)cc1S(=O)(=O)Nc1c(C(C)C)ccnc1C(C)C. The minimum absolute atomic E-state index is 0.0291. The lowest BCUT2D eigenvalue weighted by atomic mass is 9.98. The molecule has 3 heterocycles. The van der Waals surface area contributed by atoms with Crippen molar-refractivity contribution in [2.45, 2.75) is 44.4 Å². The topological polar surface area (TPSA) is 136 Å². The number of ether oxygens (including phenoxy) is 1. The van der Waals surface area contributed by atoms with E-state index in [0.717, 1.165) is 11.1 Å². The van der Waals surface area contributed by atoms with Crippen molar-refractivity contribution in [1.82, 2.24) is 15.0 Å². The van der Waals surface area contributed by atoms with Gasteiger partial charge < -0.3 is 14.5 Å². The van der Waals surface area contributed by atoms with E-state index in [9.17, 15) is 13.2 Å². The minimum atomic E-state index is -4.19. The molecule has 1 amide bonds. The molecule has 0 atom stereocenters. The molecule has 0 saturated carbocycles. The number of oxazole rings is 1. The Kier molecular flexibility index (Phi) is 7.77. The van der Waals surface area contributed by atoms with E-state index in [0.29, 0.717) is 17.1 Å². The molecule has 3 aromatic heterocycles. The van der Waals surface area contributed by atoms with Crippen LogP contribution in [0.1, 0.15) is 61.5 Å². The maximum Gasteiger partial charge on any atom is 0.311 e. The second-order valence-corrected chi connectivity index (χ2v) is 10.8. The van der Waals surface area contributed by atoms with Crippen LogP contribution in [0.4, 0.5) is 11.4 Å². The molecule has 4 rings (SSSR count). The summed E-state index contributed by atoms with van der Waals surface area (Å²) in [5.74, 6) is -0.528. The molecule has 0 saturated heterocycles. The Balaban J connectivity index is 1.64. The third-order valence-corrected chi connectivity index (χ3v) is 7.08. The van der Waals surface area contributed by atoms with Crippen LogP contribution in [0.15, 0.2) is 70.4 Å². The minimum Gasteiger partial charge on any atom is -0.480 e. The number of sulfonamides is 1. The van der Waals surface area contributed by atoms with Crippen molar-refractivity contribution < 1.29 is 22.4 Å². The van der Waals surface area contributed by atoms with Crippen LogP contribution in [-0.2, 0) is 10.0 Å². The van der Waals surface area contributed by atoms with Crippen LogP contribution in [0.5, 0.6) is 5.88 Å². The van der Waals surface area contributed by atoms with Crippen LogP contribution in [0.3, 0.4) is 0 Å². The van der Waals surface area contributed by atoms with Gasteiger partial charge in [0.05, 0.1) is 36.6 Å². The first-order chi connectivity index (χ1) is 18.1. The molecule has 0 aliphatic carbocycles. The van der Waals surface area contributed by atoms with Crippen molar-refractivity contribution in [2.24, 2.45) is 0 Å². The van der Waals surface area contributed by atoms with Crippen LogP contribution < -0.4 is 14.8 Å². The number of nitrogens with zero attached hydrogens (tertiary/aromatic N) is 3. The van der Waals surface area contributed by atoms with Gasteiger partial charge in [0.15, 0.2) is 10.7 Å². The third kappa shape index (κ3) is 5.67. The highest BCUT2D eigenvalue weighted by Crippen LogP contribution is 2.34. The Hall–Kier alpha value is -4.25. The highest BCUT2D eigenvalue weighted by Gasteiger charge is 2.26. The van der Waals surface area contributed by atoms with Crippen LogP contribution >= 0.6 is 0 Å². The van der Waals surface area contributed by atoms with E-state index >= 15 is 0 Å². The average molecular weight is 536 g/mol. The van der Waals surface area contributed by atoms with E-state index in [1.54, 1.807) is 12.3 Å². The van der Waals surface area contributed by atoms with Gasteiger partial charge in [-0.1, -0.05) is 58.0 Å². The van der Waals surface area contributed by atoms with Gasteiger partial charge in [-0.2, -0.15) is 0 Å². The fourth-order valence-corrected chi connectivity index (χ4v) is 5.11. The van der Waals surface area contributed by atoms with Crippen molar-refractivity contribution >= 4 is 27.3 Å². The first-order valence-corrected chi connectivity index (χ1v) is 13.5. The summed E-state index contributed by atoms with van der Waals surface area (Å²) >= 11 is 0. The quantitative estimate of drug-likeness (QED) is 0.289. The normalized spacial score (nSPS) is 11.6. The van der Waals surface area contributed by atoms with E-state index < -0.39 is 15.9 Å². The Labute approximate surface area is 221 Å². The zero-order chi connectivity index (χ0) is 27.4. The van der Waals surface area contributed by atoms with Gasteiger partial charge in [0, 0.05) is 11.8 Å². The fraction of sp³-hybridized carbons (Fsp3) is 0.259.